The van der Waals surface area contributed by atoms with Crippen LogP contribution in [0.25, 0.3) is 0 Å². The van der Waals surface area contributed by atoms with Crippen LogP contribution in [0.4, 0.5) is 0 Å². The van der Waals surface area contributed by atoms with Gasteiger partial charge in [-0.1, -0.05) is 43.3 Å². The average Bonchev–Trinajstić information content (AvgIpc) is 3.79. The largest absolute Gasteiger partial charge is 0.459 e. The van der Waals surface area contributed by atoms with Gasteiger partial charge in [-0.2, -0.15) is 0 Å². The molecule has 0 aromatic carbocycles. The summed E-state index contributed by atoms with van der Waals surface area (Å²) in [6.45, 7) is 7.19. The van der Waals surface area contributed by atoms with Crippen LogP contribution in [0.3, 0.4) is 0 Å². The second kappa shape index (κ2) is 9.84. The molecule has 0 aromatic heterocycles. The van der Waals surface area contributed by atoms with E-state index in [1.807, 2.05) is 43.6 Å². The lowest BCUT2D eigenvalue weighted by atomic mass is 9.62. The van der Waals surface area contributed by atoms with Crippen LogP contribution in [0.5, 0.6) is 0 Å². The fourth-order valence-electron chi connectivity index (χ4n) is 11.0. The summed E-state index contributed by atoms with van der Waals surface area (Å²) in [5.41, 5.74) is -0.448. The molecular formula is C31H41BIO8. The van der Waals surface area contributed by atoms with Gasteiger partial charge < -0.3 is 18.9 Å². The van der Waals surface area contributed by atoms with Crippen molar-refractivity contribution in [1.29, 1.82) is 0 Å². The van der Waals surface area contributed by atoms with Crippen LogP contribution in [-0.4, -0.2) is 59.0 Å². The zero-order valence-corrected chi connectivity index (χ0v) is 26.5. The number of hydrogen-bond acceptors (Lipinski definition) is 8. The molecule has 15 unspecified atom stereocenters. The normalized spacial score (nSPS) is 48.0. The lowest BCUT2D eigenvalue weighted by Crippen LogP contribution is -2.50. The topological polar surface area (TPSA) is 105 Å². The highest BCUT2D eigenvalue weighted by molar-refractivity contribution is 14.1. The number of esters is 4. The van der Waals surface area contributed by atoms with Crippen LogP contribution in [0.15, 0.2) is 0 Å². The Kier molecular flexibility index (Phi) is 6.83. The van der Waals surface area contributed by atoms with Gasteiger partial charge in [-0.05, 0) is 87.3 Å². The number of hydrogen-bond donors (Lipinski definition) is 0. The molecule has 1 aliphatic heterocycles. The van der Waals surface area contributed by atoms with E-state index >= 15 is 0 Å². The predicted octanol–water partition coefficient (Wildman–Crippen LogP) is 4.40. The minimum Gasteiger partial charge on any atom is -0.459 e. The molecule has 1 saturated heterocycles. The van der Waals surface area contributed by atoms with Crippen LogP contribution >= 0.6 is 22.6 Å². The molecule has 0 amide bonds. The number of halogens is 1. The van der Waals surface area contributed by atoms with Gasteiger partial charge >= 0.3 is 23.9 Å². The minimum atomic E-state index is -0.810. The van der Waals surface area contributed by atoms with E-state index in [0.29, 0.717) is 24.2 Å². The van der Waals surface area contributed by atoms with Crippen molar-refractivity contribution in [2.75, 3.05) is 6.61 Å². The fourth-order valence-corrected chi connectivity index (χ4v) is 11.5. The first kappa shape index (κ1) is 28.4. The summed E-state index contributed by atoms with van der Waals surface area (Å²) in [6, 6.07) is 0. The summed E-state index contributed by atoms with van der Waals surface area (Å²) in [5.74, 6) is 0.612. The van der Waals surface area contributed by atoms with Gasteiger partial charge in [0.2, 0.25) is 0 Å². The first-order chi connectivity index (χ1) is 19.5. The maximum Gasteiger partial charge on any atom is 0.344 e. The highest BCUT2D eigenvalue weighted by Crippen LogP contribution is 2.71. The maximum absolute atomic E-state index is 14.0. The molecule has 15 atom stereocenters. The highest BCUT2D eigenvalue weighted by atomic mass is 127. The van der Waals surface area contributed by atoms with Gasteiger partial charge in [0.15, 0.2) is 6.61 Å². The Hall–Kier alpha value is -1.33. The Balaban J connectivity index is 1.03. The van der Waals surface area contributed by atoms with Gasteiger partial charge in [0.25, 0.3) is 0 Å². The molecule has 223 valence electrons. The van der Waals surface area contributed by atoms with E-state index in [4.69, 9.17) is 18.9 Å². The first-order valence-corrected chi connectivity index (χ1v) is 16.9. The highest BCUT2D eigenvalue weighted by Gasteiger charge is 2.72. The second-order valence-electron chi connectivity index (χ2n) is 14.4. The van der Waals surface area contributed by atoms with Gasteiger partial charge in [-0.3, -0.25) is 14.4 Å². The van der Waals surface area contributed by atoms with E-state index in [0.717, 1.165) is 37.0 Å². The quantitative estimate of drug-likeness (QED) is 0.0883. The average molecular weight is 679 g/mol. The second-order valence-corrected chi connectivity index (χ2v) is 16.6. The lowest BCUT2D eigenvalue weighted by Gasteiger charge is -2.46. The summed E-state index contributed by atoms with van der Waals surface area (Å²) >= 11 is 2.04. The number of ether oxygens (including phenoxy) is 4. The molecule has 7 rings (SSSR count). The molecule has 41 heavy (non-hydrogen) atoms. The Morgan fingerprint density at radius 3 is 2.56 bits per heavy atom. The third-order valence-electron chi connectivity index (χ3n) is 13.0. The zero-order valence-electron chi connectivity index (χ0n) is 24.4. The van der Waals surface area contributed by atoms with E-state index < -0.39 is 51.6 Å². The number of alkyl halides is 1. The first-order valence-electron chi connectivity index (χ1n) is 15.8. The van der Waals surface area contributed by atoms with Gasteiger partial charge in [-0.15, -0.1) is 0 Å². The molecule has 0 aromatic rings. The van der Waals surface area contributed by atoms with Crippen molar-refractivity contribution in [3.8, 4) is 0 Å². The number of carbonyl (C=O) groups is 4. The van der Waals surface area contributed by atoms with Crippen molar-refractivity contribution in [3.63, 3.8) is 0 Å². The molecule has 7 fully saturated rings. The Morgan fingerprint density at radius 1 is 1.12 bits per heavy atom. The number of carbonyl (C=O) groups excluding carboxylic acids is 4. The summed E-state index contributed by atoms with van der Waals surface area (Å²) in [6.07, 6.45) is 6.26. The van der Waals surface area contributed by atoms with E-state index in [2.05, 4.69) is 6.92 Å². The van der Waals surface area contributed by atoms with Crippen LogP contribution in [0.1, 0.15) is 65.7 Å². The molecule has 6 bridgehead atoms. The molecule has 0 N–H and O–H groups in total. The van der Waals surface area contributed by atoms with Gasteiger partial charge in [-0.25, -0.2) is 4.79 Å². The van der Waals surface area contributed by atoms with E-state index in [9.17, 15) is 19.2 Å². The Bertz CT molecular complexity index is 1160. The van der Waals surface area contributed by atoms with Crippen molar-refractivity contribution in [3.05, 3.63) is 0 Å². The molecule has 0 spiro atoms. The predicted molar refractivity (Wildman–Crippen MR) is 156 cm³/mol. The van der Waals surface area contributed by atoms with Crippen molar-refractivity contribution < 1.29 is 38.1 Å². The smallest absolute Gasteiger partial charge is 0.344 e. The third-order valence-corrected chi connectivity index (χ3v) is 14.4. The van der Waals surface area contributed by atoms with Crippen LogP contribution in [0, 0.1) is 59.2 Å². The standard InChI is InChI=1S/C31H41BIO8/c1-5-31(11-16-9-19(31)22-15-7-6-14(8-15)21(16)22)41-28(36)24-18-10-17-23(24)27(35)40-26(17)25(18)39-20(34)12-38-29(37)30(3,33)13(2)32-4/h13-19,21-26H,5-12H2,1-4H3. The maximum atomic E-state index is 14.0. The van der Waals surface area contributed by atoms with E-state index in [1.165, 1.54) is 19.3 Å². The molecule has 6 saturated carbocycles. The van der Waals surface area contributed by atoms with Crippen molar-refractivity contribution >= 4 is 53.7 Å². The molecule has 8 nitrogen and oxygen atoms in total. The summed E-state index contributed by atoms with van der Waals surface area (Å²) in [5, 5.41) is 0. The summed E-state index contributed by atoms with van der Waals surface area (Å²) in [4.78, 5) is 52.5. The molecule has 1 heterocycles. The molecule has 1 radical (unpaired) electrons. The van der Waals surface area contributed by atoms with E-state index in [1.54, 1.807) is 6.92 Å². The molecule has 7 aliphatic rings. The summed E-state index contributed by atoms with van der Waals surface area (Å²) < 4.78 is 22.6. The third kappa shape index (κ3) is 4.03. The van der Waals surface area contributed by atoms with Crippen LogP contribution < -0.4 is 0 Å². The molecule has 10 heteroatoms. The number of fused-ring (bicyclic) bond motifs is 10. The van der Waals surface area contributed by atoms with E-state index in [-0.39, 0.29) is 29.6 Å². The minimum absolute atomic E-state index is 0.0463. The Labute approximate surface area is 256 Å². The van der Waals surface area contributed by atoms with Crippen molar-refractivity contribution in [1.82, 2.24) is 0 Å². The fraction of sp³-hybridized carbons (Fsp3) is 0.871. The molecular weight excluding hydrogens is 638 g/mol. The Morgan fingerprint density at radius 2 is 1.85 bits per heavy atom. The van der Waals surface area contributed by atoms with Gasteiger partial charge in [0, 0.05) is 17.8 Å². The van der Waals surface area contributed by atoms with Gasteiger partial charge in [0.1, 0.15) is 28.5 Å². The summed E-state index contributed by atoms with van der Waals surface area (Å²) in [7, 11) is 1.92. The molecule has 6 aliphatic carbocycles. The van der Waals surface area contributed by atoms with Crippen molar-refractivity contribution in [2.24, 2.45) is 59.2 Å². The van der Waals surface area contributed by atoms with Crippen LogP contribution in [0.2, 0.25) is 12.6 Å². The van der Waals surface area contributed by atoms with Crippen LogP contribution in [-0.2, 0) is 38.1 Å². The number of rotatable bonds is 9. The lowest BCUT2D eigenvalue weighted by molar-refractivity contribution is -0.186. The zero-order chi connectivity index (χ0) is 29.0. The monoisotopic (exact) mass is 679 g/mol. The van der Waals surface area contributed by atoms with Crippen molar-refractivity contribution in [2.45, 2.75) is 99.6 Å². The SMILES string of the molecule is C[B]C(C)C(C)(I)C(=O)OCC(=O)OC1C2CC3C1OC(=O)C3C2C(=O)OC1(CC)CC2CC1C1C3CCC(C3)C21. The van der Waals surface area contributed by atoms with Gasteiger partial charge in [0.05, 0.1) is 11.8 Å².